The third-order valence-electron chi connectivity index (χ3n) is 11.0. The molecule has 0 saturated carbocycles. The van der Waals surface area contributed by atoms with Gasteiger partial charge >= 0.3 is 24.7 Å². The quantitative estimate of drug-likeness (QED) is 0.0562. The van der Waals surface area contributed by atoms with Gasteiger partial charge in [-0.1, -0.05) is 138 Å². The highest BCUT2D eigenvalue weighted by Crippen LogP contribution is 2.34. The SMILES string of the molecule is CCOc1ccc(C(=O)C[S+](=O)(c2ccccc2)c2ccccc2)cc1.FC(F)(F)c1ccc([B-](c2ccc(C(F)(F)F)cc2)(c2ccc(C(F)(F)F)cc2)c2ccc(C(F)(F)F)cc2)cc1. The van der Waals surface area contributed by atoms with E-state index in [-0.39, 0.29) is 33.4 Å². The monoisotopic (exact) mass is 956 g/mol. The Balaban J connectivity index is 0.000000244. The minimum absolute atomic E-state index is 0.0114. The fourth-order valence-electron chi connectivity index (χ4n) is 7.75. The molecule has 0 N–H and O–H groups in total. The largest absolute Gasteiger partial charge is 0.494 e. The number of ketones is 1. The number of hydrogen-bond donors (Lipinski definition) is 0. The first-order chi connectivity index (χ1) is 31.5. The Kier molecular flexibility index (Phi) is 14.6. The van der Waals surface area contributed by atoms with E-state index in [1.54, 1.807) is 24.3 Å². The topological polar surface area (TPSA) is 43.4 Å². The van der Waals surface area contributed by atoms with Crippen LogP contribution in [-0.2, 0) is 38.8 Å². The van der Waals surface area contributed by atoms with Crippen molar-refractivity contribution in [2.24, 2.45) is 0 Å². The first kappa shape index (κ1) is 49.8. The zero-order valence-electron chi connectivity index (χ0n) is 35.0. The van der Waals surface area contributed by atoms with Crippen LogP contribution in [0.2, 0.25) is 0 Å². The molecule has 0 aliphatic heterocycles. The Bertz CT molecular complexity index is 2490. The summed E-state index contributed by atoms with van der Waals surface area (Å²) in [4.78, 5) is 14.2. The van der Waals surface area contributed by atoms with E-state index < -0.39 is 63.0 Å². The lowest BCUT2D eigenvalue weighted by molar-refractivity contribution is -0.138. The van der Waals surface area contributed by atoms with Gasteiger partial charge in [0.2, 0.25) is 5.78 Å². The molecule has 3 nitrogen and oxygen atoms in total. The second kappa shape index (κ2) is 19.7. The molecular formula is C50H37BF12O3S. The molecular weight excluding hydrogens is 919 g/mol. The molecule has 17 heteroatoms. The number of carbonyl (C=O) groups excluding carboxylic acids is 1. The highest BCUT2D eigenvalue weighted by molar-refractivity contribution is 8.03. The van der Waals surface area contributed by atoms with E-state index in [9.17, 15) is 61.7 Å². The molecule has 348 valence electrons. The van der Waals surface area contributed by atoms with Crippen LogP contribution in [0.5, 0.6) is 5.75 Å². The number of hydrogen-bond acceptors (Lipinski definition) is 3. The third-order valence-corrected chi connectivity index (χ3v) is 13.8. The molecule has 0 fully saturated rings. The number of carbonyl (C=O) groups is 1. The van der Waals surface area contributed by atoms with Crippen LogP contribution < -0.4 is 26.6 Å². The van der Waals surface area contributed by atoms with Crippen molar-refractivity contribution in [1.82, 2.24) is 0 Å². The molecule has 7 aromatic rings. The van der Waals surface area contributed by atoms with Crippen LogP contribution >= 0.6 is 0 Å². The Morgan fingerprint density at radius 1 is 0.433 bits per heavy atom. The van der Waals surface area contributed by atoms with Crippen molar-refractivity contribution in [3.05, 3.63) is 210 Å². The van der Waals surface area contributed by atoms with Crippen LogP contribution in [0.25, 0.3) is 0 Å². The molecule has 0 unspecified atom stereocenters. The highest BCUT2D eigenvalue weighted by atomic mass is 32.2. The van der Waals surface area contributed by atoms with Gasteiger partial charge in [0.15, 0.2) is 25.5 Å². The Morgan fingerprint density at radius 3 is 0.970 bits per heavy atom. The lowest BCUT2D eigenvalue weighted by atomic mass is 9.13. The zero-order chi connectivity index (χ0) is 48.8. The van der Waals surface area contributed by atoms with Gasteiger partial charge in [-0.15, -0.1) is 0 Å². The standard InChI is InChI=1S/C28H16BF12.C22H21O3S/c30-25(31,32)17-1-9-21(10-2-17)29(22-11-3-18(4-12-22)26(33,34)35,23-13-5-19(6-14-23)27(36,37)38)24-15-7-20(8-16-24)28(39,40)41;1-2-25-19-15-13-18(14-16-19)22(23)17-26(24,20-9-5-3-6-10-20)21-11-7-4-8-12-21/h1-16H;3-16H,2,17H2,1H3/q-1;+1. The smallest absolute Gasteiger partial charge is 0.416 e. The molecule has 0 atom stereocenters. The summed E-state index contributed by atoms with van der Waals surface area (Å²) in [5.41, 5.74) is -3.76. The fraction of sp³-hybridized carbons (Fsp3) is 0.140. The number of Topliss-reactive ketones (excluding diaryl/α,β-unsaturated/α-hetero) is 1. The minimum Gasteiger partial charge on any atom is -0.494 e. The first-order valence-electron chi connectivity index (χ1n) is 20.2. The Hall–Kier alpha value is -6.62. The molecule has 0 saturated heterocycles. The van der Waals surface area contributed by atoms with E-state index in [2.05, 4.69) is 0 Å². The van der Waals surface area contributed by atoms with Crippen LogP contribution in [0.1, 0.15) is 39.5 Å². The molecule has 0 heterocycles. The summed E-state index contributed by atoms with van der Waals surface area (Å²) in [6.45, 7) is 2.48. The van der Waals surface area contributed by atoms with Crippen molar-refractivity contribution >= 4 is 43.7 Å². The van der Waals surface area contributed by atoms with Gasteiger partial charge in [-0.2, -0.15) is 74.5 Å². The van der Waals surface area contributed by atoms with Gasteiger partial charge in [-0.25, -0.2) is 0 Å². The molecule has 0 aliphatic carbocycles. The Morgan fingerprint density at radius 2 is 0.716 bits per heavy atom. The average molecular weight is 957 g/mol. The predicted octanol–water partition coefficient (Wildman–Crippen LogP) is 12.0. The normalized spacial score (nSPS) is 12.5. The van der Waals surface area contributed by atoms with Crippen molar-refractivity contribution < 1.29 is 66.4 Å². The molecule has 0 amide bonds. The molecule has 0 aromatic heterocycles. The van der Waals surface area contributed by atoms with E-state index in [4.69, 9.17) is 4.74 Å². The summed E-state index contributed by atoms with van der Waals surface area (Å²) < 4.78 is 179. The van der Waals surface area contributed by atoms with E-state index in [0.717, 1.165) is 54.3 Å². The van der Waals surface area contributed by atoms with Crippen molar-refractivity contribution in [3.8, 4) is 5.75 Å². The van der Waals surface area contributed by atoms with E-state index in [1.165, 1.54) is 0 Å². The lowest BCUT2D eigenvalue weighted by Crippen LogP contribution is -2.74. The summed E-state index contributed by atoms with van der Waals surface area (Å²) in [7, 11) is -2.69. The molecule has 0 spiro atoms. The summed E-state index contributed by atoms with van der Waals surface area (Å²) in [6.07, 6.45) is -22.0. The maximum atomic E-state index is 13.9. The molecule has 67 heavy (non-hydrogen) atoms. The number of benzene rings is 7. The van der Waals surface area contributed by atoms with E-state index >= 15 is 0 Å². The van der Waals surface area contributed by atoms with Gasteiger partial charge in [0, 0.05) is 5.56 Å². The summed E-state index contributed by atoms with van der Waals surface area (Å²) >= 11 is 0. The van der Waals surface area contributed by atoms with Gasteiger partial charge in [-0.3, -0.25) is 4.79 Å². The summed E-state index contributed by atoms with van der Waals surface area (Å²) in [6, 6.07) is 39.0. The number of ether oxygens (including phenoxy) is 1. The average Bonchev–Trinajstić information content (AvgIpc) is 3.30. The second-order valence-electron chi connectivity index (χ2n) is 15.2. The lowest BCUT2D eigenvalue weighted by Gasteiger charge is -2.44. The van der Waals surface area contributed by atoms with Gasteiger partial charge in [0.05, 0.1) is 28.9 Å². The number of alkyl halides is 12. The van der Waals surface area contributed by atoms with Crippen molar-refractivity contribution in [1.29, 1.82) is 0 Å². The second-order valence-corrected chi connectivity index (χ2v) is 17.8. The molecule has 7 aromatic carbocycles. The summed E-state index contributed by atoms with van der Waals surface area (Å²) in [5, 5.41) is 0. The first-order valence-corrected chi connectivity index (χ1v) is 21.9. The number of rotatable bonds is 11. The highest BCUT2D eigenvalue weighted by Gasteiger charge is 2.39. The number of halogens is 12. The van der Waals surface area contributed by atoms with Crippen molar-refractivity contribution in [2.75, 3.05) is 12.4 Å². The van der Waals surface area contributed by atoms with E-state index in [0.29, 0.717) is 70.5 Å². The van der Waals surface area contributed by atoms with Crippen LogP contribution in [0, 0.1) is 0 Å². The van der Waals surface area contributed by atoms with Crippen LogP contribution in [0.3, 0.4) is 0 Å². The molecule has 7 rings (SSSR count). The zero-order valence-corrected chi connectivity index (χ0v) is 35.8. The predicted molar refractivity (Wildman–Crippen MR) is 234 cm³/mol. The maximum Gasteiger partial charge on any atom is 0.416 e. The molecule has 0 radical (unpaired) electrons. The fourth-order valence-corrected chi connectivity index (χ4v) is 10.1. The Labute approximate surface area is 378 Å². The third kappa shape index (κ3) is 11.3. The molecule has 0 bridgehead atoms. The van der Waals surface area contributed by atoms with Gasteiger partial charge in [-0.05, 0) is 55.5 Å². The summed E-state index contributed by atoms with van der Waals surface area (Å²) in [5.74, 6) is 0.510. The maximum absolute atomic E-state index is 13.9. The van der Waals surface area contributed by atoms with Crippen LogP contribution in [0.4, 0.5) is 52.7 Å². The molecule has 0 aliphatic rings. The van der Waals surface area contributed by atoms with E-state index in [1.807, 2.05) is 67.6 Å². The van der Waals surface area contributed by atoms with Gasteiger partial charge in [0.1, 0.15) is 11.9 Å². The van der Waals surface area contributed by atoms with Crippen molar-refractivity contribution in [2.45, 2.75) is 41.4 Å². The van der Waals surface area contributed by atoms with Gasteiger partial charge in [0.25, 0.3) is 0 Å². The van der Waals surface area contributed by atoms with Crippen LogP contribution in [-0.4, -0.2) is 24.3 Å². The van der Waals surface area contributed by atoms with Crippen molar-refractivity contribution in [3.63, 3.8) is 0 Å². The van der Waals surface area contributed by atoms with Crippen LogP contribution in [0.15, 0.2) is 192 Å². The minimum atomic E-state index is -4.77. The van der Waals surface area contributed by atoms with Gasteiger partial charge < -0.3 is 4.74 Å².